The van der Waals surface area contributed by atoms with Crippen molar-refractivity contribution in [2.24, 2.45) is 0 Å². The Hall–Kier alpha value is -1.48. The number of methoxy groups -OCH3 is 1. The molecule has 1 aromatic heterocycles. The first-order chi connectivity index (χ1) is 8.67. The average Bonchev–Trinajstić information content (AvgIpc) is 2.65. The first kappa shape index (κ1) is 13.0. The van der Waals surface area contributed by atoms with Crippen LogP contribution >= 0.6 is 11.6 Å². The normalized spacial score (nSPS) is 10.7. The van der Waals surface area contributed by atoms with Crippen molar-refractivity contribution in [2.45, 2.75) is 26.3 Å². The summed E-state index contributed by atoms with van der Waals surface area (Å²) in [6.07, 6.45) is 0. The van der Waals surface area contributed by atoms with Crippen molar-refractivity contribution in [3.05, 3.63) is 46.8 Å². The standard InChI is InChI=1S/C14H17ClN2O/c1-10-13(8-15)11(2)17(16-10)9-12-6-4-5-7-14(12)18-3/h4-7H,8-9H2,1-3H3. The Morgan fingerprint density at radius 1 is 1.28 bits per heavy atom. The summed E-state index contributed by atoms with van der Waals surface area (Å²) in [6, 6.07) is 7.98. The second-order valence-electron chi connectivity index (χ2n) is 4.25. The van der Waals surface area contributed by atoms with Crippen molar-refractivity contribution in [1.82, 2.24) is 9.78 Å². The lowest BCUT2D eigenvalue weighted by Gasteiger charge is -2.09. The van der Waals surface area contributed by atoms with Crippen molar-refractivity contribution in [3.8, 4) is 5.75 Å². The maximum Gasteiger partial charge on any atom is 0.123 e. The van der Waals surface area contributed by atoms with Crippen molar-refractivity contribution in [3.63, 3.8) is 0 Å². The van der Waals surface area contributed by atoms with E-state index in [1.165, 1.54) is 0 Å². The predicted molar refractivity (Wildman–Crippen MR) is 73.4 cm³/mol. The molecule has 2 aromatic rings. The van der Waals surface area contributed by atoms with Gasteiger partial charge in [0.05, 0.1) is 25.2 Å². The van der Waals surface area contributed by atoms with E-state index in [4.69, 9.17) is 16.3 Å². The molecule has 18 heavy (non-hydrogen) atoms. The molecule has 0 atom stereocenters. The van der Waals surface area contributed by atoms with E-state index in [0.29, 0.717) is 12.4 Å². The Kier molecular flexibility index (Phi) is 3.92. The van der Waals surface area contributed by atoms with Gasteiger partial charge in [-0.05, 0) is 19.9 Å². The second kappa shape index (κ2) is 5.44. The average molecular weight is 265 g/mol. The van der Waals surface area contributed by atoms with Crippen LogP contribution in [0.5, 0.6) is 5.75 Å². The third kappa shape index (κ3) is 2.36. The van der Waals surface area contributed by atoms with Gasteiger partial charge in [0, 0.05) is 16.8 Å². The van der Waals surface area contributed by atoms with Gasteiger partial charge >= 0.3 is 0 Å². The van der Waals surface area contributed by atoms with Crippen LogP contribution in [0.2, 0.25) is 0 Å². The van der Waals surface area contributed by atoms with Crippen LogP contribution in [0.4, 0.5) is 0 Å². The minimum atomic E-state index is 0.504. The van der Waals surface area contributed by atoms with Gasteiger partial charge in [-0.1, -0.05) is 18.2 Å². The molecule has 0 amide bonds. The number of hydrogen-bond acceptors (Lipinski definition) is 2. The lowest BCUT2D eigenvalue weighted by atomic mass is 10.2. The summed E-state index contributed by atoms with van der Waals surface area (Å²) in [5.41, 5.74) is 4.35. The molecule has 0 N–H and O–H groups in total. The van der Waals surface area contributed by atoms with E-state index < -0.39 is 0 Å². The number of aromatic nitrogens is 2. The van der Waals surface area contributed by atoms with Crippen LogP contribution in [0.25, 0.3) is 0 Å². The molecular formula is C14H17ClN2O. The lowest BCUT2D eigenvalue weighted by Crippen LogP contribution is -2.05. The number of rotatable bonds is 4. The Bertz CT molecular complexity index is 549. The molecule has 0 bridgehead atoms. The van der Waals surface area contributed by atoms with Crippen molar-refractivity contribution in [1.29, 1.82) is 0 Å². The van der Waals surface area contributed by atoms with Gasteiger partial charge in [0.1, 0.15) is 5.75 Å². The van der Waals surface area contributed by atoms with E-state index in [0.717, 1.165) is 28.3 Å². The Balaban J connectivity index is 2.34. The van der Waals surface area contributed by atoms with Gasteiger partial charge < -0.3 is 4.74 Å². The zero-order valence-corrected chi connectivity index (χ0v) is 11.7. The highest BCUT2D eigenvalue weighted by molar-refractivity contribution is 6.17. The molecule has 96 valence electrons. The number of hydrogen-bond donors (Lipinski definition) is 0. The van der Waals surface area contributed by atoms with Crippen molar-refractivity contribution < 1.29 is 4.74 Å². The quantitative estimate of drug-likeness (QED) is 0.793. The van der Waals surface area contributed by atoms with Gasteiger partial charge in [-0.2, -0.15) is 5.10 Å². The largest absolute Gasteiger partial charge is 0.496 e. The van der Waals surface area contributed by atoms with E-state index in [2.05, 4.69) is 11.2 Å². The molecule has 0 saturated heterocycles. The van der Waals surface area contributed by atoms with E-state index in [-0.39, 0.29) is 0 Å². The van der Waals surface area contributed by atoms with Crippen LogP contribution in [0.3, 0.4) is 0 Å². The SMILES string of the molecule is COc1ccccc1Cn1nc(C)c(CCl)c1C. The molecule has 0 aliphatic rings. The van der Waals surface area contributed by atoms with E-state index in [1.807, 2.05) is 36.7 Å². The summed E-state index contributed by atoms with van der Waals surface area (Å²) in [5, 5.41) is 4.53. The molecule has 0 radical (unpaired) electrons. The highest BCUT2D eigenvalue weighted by atomic mass is 35.5. The second-order valence-corrected chi connectivity index (χ2v) is 4.52. The lowest BCUT2D eigenvalue weighted by molar-refractivity contribution is 0.407. The summed E-state index contributed by atoms with van der Waals surface area (Å²) in [7, 11) is 1.68. The number of aryl methyl sites for hydroxylation is 1. The maximum absolute atomic E-state index is 5.93. The minimum Gasteiger partial charge on any atom is -0.496 e. The number of benzene rings is 1. The van der Waals surface area contributed by atoms with Crippen LogP contribution in [0.15, 0.2) is 24.3 Å². The number of para-hydroxylation sites is 1. The van der Waals surface area contributed by atoms with Crippen LogP contribution in [-0.2, 0) is 12.4 Å². The molecule has 3 nitrogen and oxygen atoms in total. The van der Waals surface area contributed by atoms with Crippen LogP contribution in [-0.4, -0.2) is 16.9 Å². The molecule has 0 spiro atoms. The first-order valence-electron chi connectivity index (χ1n) is 5.88. The molecule has 0 fully saturated rings. The van der Waals surface area contributed by atoms with Gasteiger partial charge in [-0.3, -0.25) is 4.68 Å². The molecule has 0 unspecified atom stereocenters. The fraction of sp³-hybridized carbons (Fsp3) is 0.357. The van der Waals surface area contributed by atoms with Crippen LogP contribution < -0.4 is 4.74 Å². The topological polar surface area (TPSA) is 27.1 Å². The van der Waals surface area contributed by atoms with Gasteiger partial charge in [0.2, 0.25) is 0 Å². The number of alkyl halides is 1. The van der Waals surface area contributed by atoms with E-state index >= 15 is 0 Å². The Morgan fingerprint density at radius 2 is 2.00 bits per heavy atom. The third-order valence-corrected chi connectivity index (χ3v) is 3.44. The summed E-state index contributed by atoms with van der Waals surface area (Å²) in [5.74, 6) is 1.39. The molecule has 0 saturated carbocycles. The Morgan fingerprint density at radius 3 is 2.61 bits per heavy atom. The summed E-state index contributed by atoms with van der Waals surface area (Å²) in [4.78, 5) is 0. The van der Waals surface area contributed by atoms with Crippen LogP contribution in [0, 0.1) is 13.8 Å². The molecule has 1 aromatic carbocycles. The minimum absolute atomic E-state index is 0.504. The summed E-state index contributed by atoms with van der Waals surface area (Å²) >= 11 is 5.93. The molecule has 0 aliphatic carbocycles. The number of nitrogens with zero attached hydrogens (tertiary/aromatic N) is 2. The van der Waals surface area contributed by atoms with Crippen LogP contribution in [0.1, 0.15) is 22.5 Å². The monoisotopic (exact) mass is 264 g/mol. The zero-order valence-electron chi connectivity index (χ0n) is 10.9. The fourth-order valence-corrected chi connectivity index (χ4v) is 2.46. The highest BCUT2D eigenvalue weighted by Gasteiger charge is 2.12. The maximum atomic E-state index is 5.93. The Labute approximate surface area is 112 Å². The number of halogens is 1. The van der Waals surface area contributed by atoms with Gasteiger partial charge in [0.15, 0.2) is 0 Å². The zero-order chi connectivity index (χ0) is 13.1. The molecule has 1 heterocycles. The van der Waals surface area contributed by atoms with Crippen molar-refractivity contribution in [2.75, 3.05) is 7.11 Å². The summed E-state index contributed by atoms with van der Waals surface area (Å²) in [6.45, 7) is 4.74. The number of ether oxygens (including phenoxy) is 1. The van der Waals surface area contributed by atoms with E-state index in [1.54, 1.807) is 7.11 Å². The summed E-state index contributed by atoms with van der Waals surface area (Å²) < 4.78 is 7.33. The highest BCUT2D eigenvalue weighted by Crippen LogP contribution is 2.21. The molecular weight excluding hydrogens is 248 g/mol. The smallest absolute Gasteiger partial charge is 0.123 e. The van der Waals surface area contributed by atoms with Crippen molar-refractivity contribution >= 4 is 11.6 Å². The van der Waals surface area contributed by atoms with Gasteiger partial charge in [-0.25, -0.2) is 0 Å². The third-order valence-electron chi connectivity index (χ3n) is 3.18. The predicted octanol–water partition coefficient (Wildman–Crippen LogP) is 3.30. The molecule has 4 heteroatoms. The van der Waals surface area contributed by atoms with Gasteiger partial charge in [-0.15, -0.1) is 11.6 Å². The van der Waals surface area contributed by atoms with Gasteiger partial charge in [0.25, 0.3) is 0 Å². The fourth-order valence-electron chi connectivity index (χ4n) is 2.08. The van der Waals surface area contributed by atoms with E-state index in [9.17, 15) is 0 Å². The molecule has 0 aliphatic heterocycles. The molecule has 2 rings (SSSR count). The first-order valence-corrected chi connectivity index (χ1v) is 6.41.